The molecule has 174 valence electrons. The van der Waals surface area contributed by atoms with Gasteiger partial charge in [0, 0.05) is 30.9 Å². The Hall–Kier alpha value is -2.76. The zero-order chi connectivity index (χ0) is 23.1. The van der Waals surface area contributed by atoms with Crippen LogP contribution >= 0.6 is 11.3 Å². The number of hydrogen-bond acceptors (Lipinski definition) is 8. The molecule has 2 aromatic heterocycles. The molecule has 11 heteroatoms. The molecule has 0 atom stereocenters. The number of aliphatic hydroxyl groups is 1. The van der Waals surface area contributed by atoms with Crippen molar-refractivity contribution in [1.29, 1.82) is 0 Å². The highest BCUT2D eigenvalue weighted by Crippen LogP contribution is 2.54. The van der Waals surface area contributed by atoms with E-state index in [0.717, 1.165) is 30.8 Å². The Morgan fingerprint density at radius 3 is 2.64 bits per heavy atom. The number of nitrogens with zero attached hydrogens (tertiary/aromatic N) is 3. The normalized spacial score (nSPS) is 17.3. The molecule has 1 amide bonds. The fourth-order valence-electron chi connectivity index (χ4n) is 4.34. The Balaban J connectivity index is 1.45. The number of piperidine rings is 1. The quantitative estimate of drug-likeness (QED) is 0.468. The number of carbonyl (C=O) groups is 1. The fraction of sp³-hybridized carbons (Fsp3) is 0.409. The predicted molar refractivity (Wildman–Crippen MR) is 129 cm³/mol. The van der Waals surface area contributed by atoms with Crippen LogP contribution in [0.4, 0.5) is 17.1 Å². The molecule has 1 saturated carbocycles. The van der Waals surface area contributed by atoms with Gasteiger partial charge in [0.15, 0.2) is 0 Å². The number of hydrogen-bond donors (Lipinski definition) is 3. The van der Waals surface area contributed by atoms with Crippen LogP contribution in [-0.2, 0) is 10.0 Å². The number of anilines is 3. The summed E-state index contributed by atoms with van der Waals surface area (Å²) >= 11 is 1.41. The molecule has 1 aliphatic heterocycles. The van der Waals surface area contributed by atoms with Crippen LogP contribution in [0.1, 0.15) is 36.0 Å². The maximum Gasteiger partial charge on any atom is 0.257 e. The van der Waals surface area contributed by atoms with Crippen molar-refractivity contribution in [1.82, 2.24) is 9.97 Å². The lowest BCUT2D eigenvalue weighted by atomic mass is 9.93. The van der Waals surface area contributed by atoms with Crippen molar-refractivity contribution >= 4 is 54.7 Å². The number of carbonyl (C=O) groups excluding carboxylic acids is 1. The Kier molecular flexibility index (Phi) is 5.71. The summed E-state index contributed by atoms with van der Waals surface area (Å²) in [4.78, 5) is 24.8. The van der Waals surface area contributed by atoms with Gasteiger partial charge in [0.05, 0.1) is 35.0 Å². The highest BCUT2D eigenvalue weighted by Gasteiger charge is 2.44. The zero-order valence-electron chi connectivity index (χ0n) is 18.0. The standard InChI is InChI=1S/C22H25N5O4S2/c28-11-12-33(30,31)26-15-1-2-16(18(13-15)27-9-5-22(3-4-22)6-10-27)20(29)25-17-14-32-21-19(17)23-7-8-24-21/h1-2,7-8,13-14,26,28H,3-6,9-12H2,(H,25,29). The molecule has 9 nitrogen and oxygen atoms in total. The highest BCUT2D eigenvalue weighted by atomic mass is 32.2. The number of aromatic nitrogens is 2. The van der Waals surface area contributed by atoms with E-state index in [9.17, 15) is 13.2 Å². The average Bonchev–Trinajstić information content (AvgIpc) is 3.43. The summed E-state index contributed by atoms with van der Waals surface area (Å²) in [6.07, 6.45) is 7.87. The summed E-state index contributed by atoms with van der Waals surface area (Å²) in [7, 11) is -3.67. The van der Waals surface area contributed by atoms with Gasteiger partial charge in [-0.05, 0) is 49.3 Å². The Labute approximate surface area is 195 Å². The van der Waals surface area contributed by atoms with Crippen molar-refractivity contribution < 1.29 is 18.3 Å². The SMILES string of the molecule is O=C(Nc1csc2nccnc12)c1ccc(NS(=O)(=O)CCO)cc1N1CCC2(CC1)CC2. The maximum atomic E-state index is 13.3. The summed E-state index contributed by atoms with van der Waals surface area (Å²) in [5.41, 5.74) is 3.23. The van der Waals surface area contributed by atoms with Gasteiger partial charge in [-0.1, -0.05) is 0 Å². The van der Waals surface area contributed by atoms with E-state index in [1.807, 2.05) is 5.38 Å². The van der Waals surface area contributed by atoms with E-state index in [1.165, 1.54) is 24.2 Å². The van der Waals surface area contributed by atoms with E-state index >= 15 is 0 Å². The van der Waals surface area contributed by atoms with Gasteiger partial charge in [0.1, 0.15) is 10.3 Å². The largest absolute Gasteiger partial charge is 0.395 e. The number of amides is 1. The second-order valence-electron chi connectivity index (χ2n) is 8.68. The summed E-state index contributed by atoms with van der Waals surface area (Å²) in [5.74, 6) is -0.671. The van der Waals surface area contributed by atoms with E-state index in [4.69, 9.17) is 5.11 Å². The Morgan fingerprint density at radius 1 is 1.15 bits per heavy atom. The number of rotatable bonds is 7. The summed E-state index contributed by atoms with van der Waals surface area (Å²) in [5, 5.41) is 13.8. The molecule has 33 heavy (non-hydrogen) atoms. The molecular formula is C22H25N5O4S2. The molecule has 1 aromatic carbocycles. The van der Waals surface area contributed by atoms with Gasteiger partial charge in [-0.3, -0.25) is 9.52 Å². The van der Waals surface area contributed by atoms with Crippen LogP contribution in [0.5, 0.6) is 0 Å². The molecule has 3 N–H and O–H groups in total. The van der Waals surface area contributed by atoms with Crippen LogP contribution in [0.2, 0.25) is 0 Å². The van der Waals surface area contributed by atoms with Crippen LogP contribution in [0.15, 0.2) is 36.0 Å². The minimum atomic E-state index is -3.67. The average molecular weight is 488 g/mol. The molecular weight excluding hydrogens is 462 g/mol. The van der Waals surface area contributed by atoms with Crippen LogP contribution < -0.4 is 14.9 Å². The molecule has 0 bridgehead atoms. The molecule has 2 aliphatic rings. The first-order valence-corrected chi connectivity index (χ1v) is 13.4. The van der Waals surface area contributed by atoms with E-state index < -0.39 is 16.6 Å². The molecule has 0 unspecified atom stereocenters. The number of sulfonamides is 1. The molecule has 5 rings (SSSR count). The van der Waals surface area contributed by atoms with E-state index in [0.29, 0.717) is 33.6 Å². The minimum Gasteiger partial charge on any atom is -0.395 e. The number of thiophene rings is 1. The van der Waals surface area contributed by atoms with Gasteiger partial charge in [0.25, 0.3) is 5.91 Å². The molecule has 2 fully saturated rings. The van der Waals surface area contributed by atoms with Crippen molar-refractivity contribution in [3.63, 3.8) is 0 Å². The zero-order valence-corrected chi connectivity index (χ0v) is 19.6. The van der Waals surface area contributed by atoms with Crippen LogP contribution in [0.25, 0.3) is 10.3 Å². The first-order valence-electron chi connectivity index (χ1n) is 10.9. The number of fused-ring (bicyclic) bond motifs is 1. The number of benzene rings is 1. The van der Waals surface area contributed by atoms with E-state index in [-0.39, 0.29) is 11.7 Å². The molecule has 1 spiro atoms. The first-order chi connectivity index (χ1) is 15.9. The second-order valence-corrected chi connectivity index (χ2v) is 11.4. The van der Waals surface area contributed by atoms with Crippen molar-refractivity contribution in [2.75, 3.05) is 40.4 Å². The van der Waals surface area contributed by atoms with Crippen molar-refractivity contribution in [2.45, 2.75) is 25.7 Å². The van der Waals surface area contributed by atoms with Gasteiger partial charge >= 0.3 is 0 Å². The minimum absolute atomic E-state index is 0.285. The third-order valence-electron chi connectivity index (χ3n) is 6.45. The van der Waals surface area contributed by atoms with Crippen LogP contribution in [0.3, 0.4) is 0 Å². The van der Waals surface area contributed by atoms with Gasteiger partial charge in [-0.25, -0.2) is 18.4 Å². The van der Waals surface area contributed by atoms with Crippen LogP contribution in [-0.4, -0.2) is 54.8 Å². The predicted octanol–water partition coefficient (Wildman–Crippen LogP) is 3.06. The van der Waals surface area contributed by atoms with Crippen molar-refractivity contribution in [3.8, 4) is 0 Å². The van der Waals surface area contributed by atoms with E-state index in [1.54, 1.807) is 30.6 Å². The Morgan fingerprint density at radius 2 is 1.91 bits per heavy atom. The van der Waals surface area contributed by atoms with Gasteiger partial charge in [-0.2, -0.15) is 0 Å². The lowest BCUT2D eigenvalue weighted by Gasteiger charge is -2.35. The number of nitrogens with one attached hydrogen (secondary N) is 2. The Bertz CT molecular complexity index is 1290. The summed E-state index contributed by atoms with van der Waals surface area (Å²) < 4.78 is 26.8. The van der Waals surface area contributed by atoms with Gasteiger partial charge in [0.2, 0.25) is 10.0 Å². The smallest absolute Gasteiger partial charge is 0.257 e. The van der Waals surface area contributed by atoms with Crippen molar-refractivity contribution in [3.05, 3.63) is 41.5 Å². The molecule has 1 saturated heterocycles. The lowest BCUT2D eigenvalue weighted by molar-refractivity contribution is 0.102. The third kappa shape index (κ3) is 4.66. The molecule has 3 aromatic rings. The monoisotopic (exact) mass is 487 g/mol. The summed E-state index contributed by atoms with van der Waals surface area (Å²) in [6.45, 7) is 1.17. The van der Waals surface area contributed by atoms with E-state index in [2.05, 4.69) is 24.9 Å². The number of aliphatic hydroxyl groups excluding tert-OH is 1. The van der Waals surface area contributed by atoms with Crippen LogP contribution in [0, 0.1) is 5.41 Å². The third-order valence-corrected chi connectivity index (χ3v) is 8.60. The fourth-order valence-corrected chi connectivity index (χ4v) is 5.97. The maximum absolute atomic E-state index is 13.3. The van der Waals surface area contributed by atoms with Crippen molar-refractivity contribution in [2.24, 2.45) is 5.41 Å². The summed E-state index contributed by atoms with van der Waals surface area (Å²) in [6, 6.07) is 4.93. The molecule has 3 heterocycles. The first kappa shape index (κ1) is 22.1. The lowest BCUT2D eigenvalue weighted by Crippen LogP contribution is -2.35. The molecule has 1 aliphatic carbocycles. The molecule has 0 radical (unpaired) electrons. The topological polar surface area (TPSA) is 125 Å². The van der Waals surface area contributed by atoms with Gasteiger partial charge in [-0.15, -0.1) is 11.3 Å². The highest BCUT2D eigenvalue weighted by molar-refractivity contribution is 7.92. The second kappa shape index (κ2) is 8.54. The van der Waals surface area contributed by atoms with Gasteiger partial charge < -0.3 is 15.3 Å².